The second-order valence-corrected chi connectivity index (χ2v) is 9.22. The molecule has 0 spiro atoms. The van der Waals surface area contributed by atoms with E-state index in [-0.39, 0.29) is 18.4 Å². The van der Waals surface area contributed by atoms with Crippen LogP contribution in [0.2, 0.25) is 0 Å². The summed E-state index contributed by atoms with van der Waals surface area (Å²) in [5, 5.41) is 10.0. The standard InChI is InChI=1S/C28H28F2N2O4/c1-28(2,17-18-6-4-3-5-7-18)32(24(27(35)36)14-15-25(31)33)26(34)20-10-8-19(9-11-20)21-12-13-22(29)23(30)16-21/h3-13,16,24H,14-15,17H2,1-2H3,(H2,31,33)(H,35,36)/t24-/m0/s1. The van der Waals surface area contributed by atoms with Crippen LogP contribution in [0.5, 0.6) is 0 Å². The molecule has 0 aliphatic carbocycles. The van der Waals surface area contributed by atoms with Gasteiger partial charge in [-0.15, -0.1) is 0 Å². The van der Waals surface area contributed by atoms with Gasteiger partial charge in [-0.1, -0.05) is 48.5 Å². The molecular formula is C28H28F2N2O4. The van der Waals surface area contributed by atoms with E-state index in [0.29, 0.717) is 17.5 Å². The van der Waals surface area contributed by atoms with E-state index in [0.717, 1.165) is 17.7 Å². The Labute approximate surface area is 208 Å². The van der Waals surface area contributed by atoms with Crippen molar-refractivity contribution in [3.63, 3.8) is 0 Å². The van der Waals surface area contributed by atoms with Crippen molar-refractivity contribution in [1.29, 1.82) is 0 Å². The highest BCUT2D eigenvalue weighted by atomic mass is 19.2. The van der Waals surface area contributed by atoms with E-state index in [9.17, 15) is 28.3 Å². The van der Waals surface area contributed by atoms with Crippen LogP contribution in [-0.2, 0) is 16.0 Å². The summed E-state index contributed by atoms with van der Waals surface area (Å²) < 4.78 is 27.0. The predicted octanol–water partition coefficient (Wildman–Crippen LogP) is 4.81. The van der Waals surface area contributed by atoms with E-state index in [4.69, 9.17) is 5.73 Å². The van der Waals surface area contributed by atoms with Crippen molar-refractivity contribution in [3.05, 3.63) is 95.6 Å². The molecule has 0 aliphatic heterocycles. The third-order valence-electron chi connectivity index (χ3n) is 6.00. The summed E-state index contributed by atoms with van der Waals surface area (Å²) in [5.41, 5.74) is 6.44. The summed E-state index contributed by atoms with van der Waals surface area (Å²) in [5.74, 6) is -4.39. The number of carbonyl (C=O) groups excluding carboxylic acids is 2. The van der Waals surface area contributed by atoms with Crippen LogP contribution in [0.3, 0.4) is 0 Å². The third-order valence-corrected chi connectivity index (χ3v) is 6.00. The first-order chi connectivity index (χ1) is 17.0. The molecule has 36 heavy (non-hydrogen) atoms. The number of carboxylic acid groups (broad SMARTS) is 1. The highest BCUT2D eigenvalue weighted by molar-refractivity contribution is 5.97. The summed E-state index contributed by atoms with van der Waals surface area (Å²) in [7, 11) is 0. The Bertz CT molecular complexity index is 1240. The Kier molecular flexibility index (Phi) is 8.19. The van der Waals surface area contributed by atoms with Crippen LogP contribution in [0.25, 0.3) is 11.1 Å². The lowest BCUT2D eigenvalue weighted by molar-refractivity contribution is -0.144. The van der Waals surface area contributed by atoms with Gasteiger partial charge in [-0.25, -0.2) is 13.6 Å². The lowest BCUT2D eigenvalue weighted by Crippen LogP contribution is -2.57. The lowest BCUT2D eigenvalue weighted by Gasteiger charge is -2.42. The minimum Gasteiger partial charge on any atom is -0.480 e. The number of hydrogen-bond donors (Lipinski definition) is 2. The minimum atomic E-state index is -1.30. The van der Waals surface area contributed by atoms with Crippen LogP contribution in [0.15, 0.2) is 72.8 Å². The first kappa shape index (κ1) is 26.5. The Hall–Kier alpha value is -4.07. The maximum Gasteiger partial charge on any atom is 0.326 e. The van der Waals surface area contributed by atoms with Gasteiger partial charge in [0.25, 0.3) is 5.91 Å². The fourth-order valence-corrected chi connectivity index (χ4v) is 4.28. The number of primary amides is 1. The van der Waals surface area contributed by atoms with E-state index in [1.165, 1.54) is 23.1 Å². The number of amides is 2. The molecule has 0 unspecified atom stereocenters. The van der Waals surface area contributed by atoms with E-state index >= 15 is 0 Å². The zero-order chi connectivity index (χ0) is 26.5. The first-order valence-corrected chi connectivity index (χ1v) is 11.4. The number of rotatable bonds is 10. The average molecular weight is 495 g/mol. The van der Waals surface area contributed by atoms with Crippen LogP contribution in [0, 0.1) is 11.6 Å². The molecule has 188 valence electrons. The fourth-order valence-electron chi connectivity index (χ4n) is 4.28. The Morgan fingerprint density at radius 3 is 2.08 bits per heavy atom. The van der Waals surface area contributed by atoms with Crippen molar-refractivity contribution >= 4 is 17.8 Å². The number of nitrogens with two attached hydrogens (primary N) is 1. The van der Waals surface area contributed by atoms with Crippen molar-refractivity contribution < 1.29 is 28.3 Å². The number of aliphatic carboxylic acids is 1. The van der Waals surface area contributed by atoms with E-state index in [1.807, 2.05) is 30.3 Å². The molecule has 0 heterocycles. The molecule has 3 N–H and O–H groups in total. The highest BCUT2D eigenvalue weighted by Gasteiger charge is 2.40. The van der Waals surface area contributed by atoms with Crippen molar-refractivity contribution in [2.45, 2.75) is 44.7 Å². The fraction of sp³-hybridized carbons (Fsp3) is 0.250. The Morgan fingerprint density at radius 1 is 0.917 bits per heavy atom. The van der Waals surface area contributed by atoms with Gasteiger partial charge in [0.05, 0.1) is 0 Å². The molecule has 1 atom stereocenters. The largest absolute Gasteiger partial charge is 0.480 e. The van der Waals surface area contributed by atoms with Gasteiger partial charge < -0.3 is 15.7 Å². The molecule has 0 saturated carbocycles. The lowest BCUT2D eigenvalue weighted by atomic mass is 9.89. The zero-order valence-corrected chi connectivity index (χ0v) is 20.1. The number of carbonyl (C=O) groups is 3. The van der Waals surface area contributed by atoms with Gasteiger partial charge in [0.15, 0.2) is 11.6 Å². The summed E-state index contributed by atoms with van der Waals surface area (Å²) in [6, 6.07) is 17.8. The van der Waals surface area contributed by atoms with Crippen LogP contribution in [0.1, 0.15) is 42.6 Å². The van der Waals surface area contributed by atoms with Gasteiger partial charge in [-0.2, -0.15) is 0 Å². The van der Waals surface area contributed by atoms with Crippen molar-refractivity contribution in [2.24, 2.45) is 5.73 Å². The monoisotopic (exact) mass is 494 g/mol. The Morgan fingerprint density at radius 2 is 1.53 bits per heavy atom. The molecule has 0 bridgehead atoms. The van der Waals surface area contributed by atoms with Gasteiger partial charge in [-0.3, -0.25) is 9.59 Å². The molecule has 3 aromatic carbocycles. The van der Waals surface area contributed by atoms with Crippen LogP contribution >= 0.6 is 0 Å². The maximum absolute atomic E-state index is 13.8. The molecule has 2 amide bonds. The number of halogens is 2. The molecule has 8 heteroatoms. The van der Waals surface area contributed by atoms with E-state index < -0.39 is 41.0 Å². The molecular weight excluding hydrogens is 466 g/mol. The number of hydrogen-bond acceptors (Lipinski definition) is 3. The molecule has 6 nitrogen and oxygen atoms in total. The zero-order valence-electron chi connectivity index (χ0n) is 20.1. The van der Waals surface area contributed by atoms with E-state index in [1.54, 1.807) is 26.0 Å². The summed E-state index contributed by atoms with van der Waals surface area (Å²) in [6.45, 7) is 3.54. The van der Waals surface area contributed by atoms with Gasteiger partial charge in [0.1, 0.15) is 6.04 Å². The molecule has 0 saturated heterocycles. The van der Waals surface area contributed by atoms with Crippen molar-refractivity contribution in [3.8, 4) is 11.1 Å². The third kappa shape index (κ3) is 6.33. The first-order valence-electron chi connectivity index (χ1n) is 11.4. The van der Waals surface area contributed by atoms with Gasteiger partial charge >= 0.3 is 5.97 Å². The average Bonchev–Trinajstić information content (AvgIpc) is 2.83. The van der Waals surface area contributed by atoms with E-state index in [2.05, 4.69) is 0 Å². The van der Waals surface area contributed by atoms with Gasteiger partial charge in [0.2, 0.25) is 5.91 Å². The minimum absolute atomic E-state index is 0.137. The maximum atomic E-state index is 13.8. The van der Waals surface area contributed by atoms with Crippen LogP contribution < -0.4 is 5.73 Å². The smallest absolute Gasteiger partial charge is 0.326 e. The number of benzene rings is 3. The Balaban J connectivity index is 1.99. The summed E-state index contributed by atoms with van der Waals surface area (Å²) >= 11 is 0. The number of nitrogens with zero attached hydrogens (tertiary/aromatic N) is 1. The second kappa shape index (κ2) is 11.1. The second-order valence-electron chi connectivity index (χ2n) is 9.22. The van der Waals surface area contributed by atoms with Crippen LogP contribution in [0.4, 0.5) is 8.78 Å². The van der Waals surface area contributed by atoms with Gasteiger partial charge in [-0.05, 0) is 67.6 Å². The van der Waals surface area contributed by atoms with Crippen LogP contribution in [-0.4, -0.2) is 39.4 Å². The SMILES string of the molecule is CC(C)(Cc1ccccc1)N(C(=O)c1ccc(-c2ccc(F)c(F)c2)cc1)[C@@H](CCC(N)=O)C(=O)O. The van der Waals surface area contributed by atoms with Gasteiger partial charge in [0, 0.05) is 17.5 Å². The quantitative estimate of drug-likeness (QED) is 0.422. The van der Waals surface area contributed by atoms with Crippen molar-refractivity contribution in [2.75, 3.05) is 0 Å². The normalized spacial score (nSPS) is 12.1. The highest BCUT2D eigenvalue weighted by Crippen LogP contribution is 2.29. The predicted molar refractivity (Wildman–Crippen MR) is 132 cm³/mol. The molecule has 3 aromatic rings. The summed E-state index contributed by atoms with van der Waals surface area (Å²) in [4.78, 5) is 38.7. The molecule has 0 aromatic heterocycles. The number of carboxylic acids is 1. The topological polar surface area (TPSA) is 101 Å². The molecule has 0 fully saturated rings. The molecule has 3 rings (SSSR count). The molecule has 0 aliphatic rings. The molecule has 0 radical (unpaired) electrons. The van der Waals surface area contributed by atoms with Crippen molar-refractivity contribution in [1.82, 2.24) is 4.90 Å². The summed E-state index contributed by atoms with van der Waals surface area (Å²) in [6.07, 6.45) is 0.0334.